The van der Waals surface area contributed by atoms with Gasteiger partial charge in [0.25, 0.3) is 0 Å². The summed E-state index contributed by atoms with van der Waals surface area (Å²) in [5, 5.41) is 0. The van der Waals surface area contributed by atoms with Crippen LogP contribution in [0.25, 0.3) is 0 Å². The van der Waals surface area contributed by atoms with Gasteiger partial charge in [0.1, 0.15) is 0 Å². The lowest BCUT2D eigenvalue weighted by Gasteiger charge is -2.14. The maximum atomic E-state index is 5.48. The highest BCUT2D eigenvalue weighted by molar-refractivity contribution is 4.54. The highest BCUT2D eigenvalue weighted by Gasteiger charge is 2.02. The second kappa shape index (κ2) is 8.48. The molecule has 0 aliphatic carbocycles. The molecule has 0 saturated heterocycles. The summed E-state index contributed by atoms with van der Waals surface area (Å²) in [5.74, 6) is 0.594. The van der Waals surface area contributed by atoms with Crippen LogP contribution < -0.4 is 5.73 Å². The highest BCUT2D eigenvalue weighted by Crippen LogP contribution is 1.96. The number of hydrogen-bond acceptors (Lipinski definition) is 3. The molecule has 0 bridgehead atoms. The normalized spacial score (nSPS) is 13.6. The predicted octanol–water partition coefficient (Wildman–Crippen LogP) is 1.41. The van der Waals surface area contributed by atoms with Crippen LogP contribution in [-0.4, -0.2) is 32.5 Å². The molecule has 0 radical (unpaired) electrons. The Hall–Kier alpha value is -0.120. The van der Waals surface area contributed by atoms with Crippen LogP contribution in [0.15, 0.2) is 0 Å². The molecule has 0 rings (SSSR count). The Morgan fingerprint density at radius 1 is 1.23 bits per heavy atom. The summed E-state index contributed by atoms with van der Waals surface area (Å²) >= 11 is 0. The van der Waals surface area contributed by atoms with Crippen molar-refractivity contribution in [1.82, 2.24) is 0 Å². The van der Waals surface area contributed by atoms with E-state index in [9.17, 15) is 0 Å². The van der Waals surface area contributed by atoms with Gasteiger partial charge in [-0.1, -0.05) is 20.8 Å². The third kappa shape index (κ3) is 8.22. The maximum absolute atomic E-state index is 5.48. The first kappa shape index (κ1) is 12.9. The Kier molecular flexibility index (Phi) is 8.40. The third-order valence-electron chi connectivity index (χ3n) is 1.75. The van der Waals surface area contributed by atoms with E-state index in [0.29, 0.717) is 25.7 Å². The maximum Gasteiger partial charge on any atom is 0.0704 e. The van der Waals surface area contributed by atoms with Gasteiger partial charge in [0.15, 0.2) is 0 Å². The van der Waals surface area contributed by atoms with Gasteiger partial charge in [0.05, 0.1) is 19.3 Å². The Morgan fingerprint density at radius 3 is 2.38 bits per heavy atom. The predicted molar refractivity (Wildman–Crippen MR) is 54.7 cm³/mol. The molecule has 3 heteroatoms. The van der Waals surface area contributed by atoms with Crippen molar-refractivity contribution in [3.63, 3.8) is 0 Å². The molecule has 1 atom stereocenters. The van der Waals surface area contributed by atoms with Gasteiger partial charge in [0.2, 0.25) is 0 Å². The van der Waals surface area contributed by atoms with Crippen LogP contribution in [0.3, 0.4) is 0 Å². The van der Waals surface area contributed by atoms with Crippen LogP contribution in [0.1, 0.15) is 27.2 Å². The van der Waals surface area contributed by atoms with E-state index in [4.69, 9.17) is 15.2 Å². The van der Waals surface area contributed by atoms with Crippen molar-refractivity contribution >= 4 is 0 Å². The standard InChI is InChI=1S/C10H23NO2/c1-4-10(7-11)13-6-5-12-8-9(2)3/h9-10H,4-8,11H2,1-3H3. The molecule has 80 valence electrons. The zero-order valence-corrected chi connectivity index (χ0v) is 9.08. The van der Waals surface area contributed by atoms with Crippen LogP contribution >= 0.6 is 0 Å². The van der Waals surface area contributed by atoms with E-state index in [1.807, 2.05) is 0 Å². The topological polar surface area (TPSA) is 44.5 Å². The first-order valence-electron chi connectivity index (χ1n) is 5.10. The molecule has 0 aromatic rings. The summed E-state index contributed by atoms with van der Waals surface area (Å²) in [7, 11) is 0. The molecule has 0 aliphatic rings. The molecule has 0 aliphatic heterocycles. The molecule has 0 spiro atoms. The molecule has 2 N–H and O–H groups in total. The van der Waals surface area contributed by atoms with E-state index in [1.54, 1.807) is 0 Å². The van der Waals surface area contributed by atoms with Gasteiger partial charge < -0.3 is 15.2 Å². The summed E-state index contributed by atoms with van der Waals surface area (Å²) in [5.41, 5.74) is 5.48. The minimum Gasteiger partial charge on any atom is -0.379 e. The Morgan fingerprint density at radius 2 is 1.92 bits per heavy atom. The van der Waals surface area contributed by atoms with Gasteiger partial charge in [-0.05, 0) is 12.3 Å². The van der Waals surface area contributed by atoms with Crippen LogP contribution in [-0.2, 0) is 9.47 Å². The number of nitrogens with two attached hydrogens (primary N) is 1. The van der Waals surface area contributed by atoms with Crippen LogP contribution in [0.5, 0.6) is 0 Å². The van der Waals surface area contributed by atoms with Crippen molar-refractivity contribution < 1.29 is 9.47 Å². The number of rotatable bonds is 8. The Balaban J connectivity index is 3.14. The smallest absolute Gasteiger partial charge is 0.0704 e. The van der Waals surface area contributed by atoms with Gasteiger partial charge in [-0.2, -0.15) is 0 Å². The first-order valence-corrected chi connectivity index (χ1v) is 5.10. The van der Waals surface area contributed by atoms with Crippen molar-refractivity contribution in [3.8, 4) is 0 Å². The molecule has 0 aromatic heterocycles. The second-order valence-electron chi connectivity index (χ2n) is 3.61. The van der Waals surface area contributed by atoms with Crippen molar-refractivity contribution in [1.29, 1.82) is 0 Å². The zero-order chi connectivity index (χ0) is 10.1. The van der Waals surface area contributed by atoms with Crippen molar-refractivity contribution in [2.75, 3.05) is 26.4 Å². The Bertz CT molecular complexity index is 103. The Labute approximate surface area is 81.6 Å². The molecular formula is C10H23NO2. The fourth-order valence-corrected chi connectivity index (χ4v) is 0.945. The van der Waals surface area contributed by atoms with Crippen molar-refractivity contribution in [2.45, 2.75) is 33.3 Å². The molecule has 0 heterocycles. The fourth-order valence-electron chi connectivity index (χ4n) is 0.945. The summed E-state index contributed by atoms with van der Waals surface area (Å²) in [6, 6.07) is 0. The van der Waals surface area contributed by atoms with E-state index in [0.717, 1.165) is 13.0 Å². The lowest BCUT2D eigenvalue weighted by Crippen LogP contribution is -2.24. The minimum absolute atomic E-state index is 0.197. The second-order valence-corrected chi connectivity index (χ2v) is 3.61. The van der Waals surface area contributed by atoms with Gasteiger partial charge in [0, 0.05) is 13.2 Å². The molecular weight excluding hydrogens is 166 g/mol. The van der Waals surface area contributed by atoms with E-state index in [1.165, 1.54) is 0 Å². The number of hydrogen-bond donors (Lipinski definition) is 1. The minimum atomic E-state index is 0.197. The molecule has 13 heavy (non-hydrogen) atoms. The largest absolute Gasteiger partial charge is 0.379 e. The van der Waals surface area contributed by atoms with Gasteiger partial charge in [-0.25, -0.2) is 0 Å². The lowest BCUT2D eigenvalue weighted by atomic mass is 10.2. The lowest BCUT2D eigenvalue weighted by molar-refractivity contribution is 0.00157. The first-order chi connectivity index (χ1) is 6.20. The summed E-state index contributed by atoms with van der Waals surface area (Å²) < 4.78 is 10.8. The molecule has 0 aromatic carbocycles. The quantitative estimate of drug-likeness (QED) is 0.587. The highest BCUT2D eigenvalue weighted by atomic mass is 16.5. The van der Waals surface area contributed by atoms with Crippen LogP contribution in [0.4, 0.5) is 0 Å². The van der Waals surface area contributed by atoms with E-state index in [2.05, 4.69) is 20.8 Å². The molecule has 0 fully saturated rings. The monoisotopic (exact) mass is 189 g/mol. The van der Waals surface area contributed by atoms with Gasteiger partial charge >= 0.3 is 0 Å². The van der Waals surface area contributed by atoms with E-state index >= 15 is 0 Å². The average Bonchev–Trinajstić information content (AvgIpc) is 2.11. The molecule has 3 nitrogen and oxygen atoms in total. The van der Waals surface area contributed by atoms with E-state index in [-0.39, 0.29) is 6.10 Å². The van der Waals surface area contributed by atoms with Crippen molar-refractivity contribution in [2.24, 2.45) is 11.7 Å². The number of ether oxygens (including phenoxy) is 2. The summed E-state index contributed by atoms with van der Waals surface area (Å²) in [4.78, 5) is 0. The molecule has 1 unspecified atom stereocenters. The molecule has 0 saturated carbocycles. The average molecular weight is 189 g/mol. The zero-order valence-electron chi connectivity index (χ0n) is 9.08. The fraction of sp³-hybridized carbons (Fsp3) is 1.00. The summed E-state index contributed by atoms with van der Waals surface area (Å²) in [6.07, 6.45) is 1.17. The third-order valence-corrected chi connectivity index (χ3v) is 1.75. The SMILES string of the molecule is CCC(CN)OCCOCC(C)C. The van der Waals surface area contributed by atoms with E-state index < -0.39 is 0 Å². The van der Waals surface area contributed by atoms with Crippen LogP contribution in [0.2, 0.25) is 0 Å². The molecule has 0 amide bonds. The van der Waals surface area contributed by atoms with Gasteiger partial charge in [-0.15, -0.1) is 0 Å². The summed E-state index contributed by atoms with van der Waals surface area (Å²) in [6.45, 7) is 9.08. The van der Waals surface area contributed by atoms with Crippen LogP contribution in [0, 0.1) is 5.92 Å². The van der Waals surface area contributed by atoms with Gasteiger partial charge in [-0.3, -0.25) is 0 Å². The van der Waals surface area contributed by atoms with Crippen molar-refractivity contribution in [3.05, 3.63) is 0 Å².